The first kappa shape index (κ1) is 14.8. The fraction of sp³-hybridized carbons (Fsp3) is 0.571. The van der Waals surface area contributed by atoms with Gasteiger partial charge in [0.15, 0.2) is 11.5 Å². The van der Waals surface area contributed by atoms with Gasteiger partial charge in [-0.3, -0.25) is 0 Å². The number of hydrogen-bond donors (Lipinski definition) is 1. The third-order valence-electron chi connectivity index (χ3n) is 3.42. The molecule has 0 aliphatic carbocycles. The number of hydrogen-bond acceptors (Lipinski definition) is 3. The highest BCUT2D eigenvalue weighted by Gasteiger charge is 2.21. The van der Waals surface area contributed by atoms with E-state index in [1.807, 2.05) is 0 Å². The molecule has 2 N–H and O–H groups in total. The van der Waals surface area contributed by atoms with Crippen LogP contribution in [-0.4, -0.2) is 14.2 Å². The van der Waals surface area contributed by atoms with Crippen molar-refractivity contribution in [2.75, 3.05) is 14.2 Å². The van der Waals surface area contributed by atoms with Gasteiger partial charge in [-0.25, -0.2) is 4.39 Å². The Morgan fingerprint density at radius 2 is 1.61 bits per heavy atom. The molecule has 1 atom stereocenters. The quantitative estimate of drug-likeness (QED) is 0.848. The summed E-state index contributed by atoms with van der Waals surface area (Å²) < 4.78 is 24.3. The standard InChI is InChI=1S/C14H22FNO2/c1-5-9(6-2)14(16)10-7-12(17-3)13(18-4)8-11(10)15/h7-9,14H,5-6,16H2,1-4H3. The second-order valence-electron chi connectivity index (χ2n) is 4.33. The highest BCUT2D eigenvalue weighted by Crippen LogP contribution is 2.35. The summed E-state index contributed by atoms with van der Waals surface area (Å²) in [6, 6.07) is 2.65. The molecular weight excluding hydrogens is 233 g/mol. The van der Waals surface area contributed by atoms with Gasteiger partial charge >= 0.3 is 0 Å². The molecule has 0 amide bonds. The molecule has 1 aromatic carbocycles. The predicted molar refractivity (Wildman–Crippen MR) is 70.5 cm³/mol. The molecular formula is C14H22FNO2. The molecule has 3 nitrogen and oxygen atoms in total. The maximum Gasteiger partial charge on any atom is 0.163 e. The molecule has 0 spiro atoms. The van der Waals surface area contributed by atoms with Crippen molar-refractivity contribution >= 4 is 0 Å². The molecule has 18 heavy (non-hydrogen) atoms. The van der Waals surface area contributed by atoms with Crippen LogP contribution in [0.1, 0.15) is 38.3 Å². The van der Waals surface area contributed by atoms with E-state index in [4.69, 9.17) is 15.2 Å². The van der Waals surface area contributed by atoms with Crippen LogP contribution in [-0.2, 0) is 0 Å². The number of benzene rings is 1. The number of rotatable bonds is 6. The summed E-state index contributed by atoms with van der Waals surface area (Å²) in [5.41, 5.74) is 6.63. The summed E-state index contributed by atoms with van der Waals surface area (Å²) in [7, 11) is 3.01. The minimum absolute atomic E-state index is 0.262. The Morgan fingerprint density at radius 1 is 1.11 bits per heavy atom. The van der Waals surface area contributed by atoms with Crippen LogP contribution in [0.3, 0.4) is 0 Å². The van der Waals surface area contributed by atoms with Crippen LogP contribution in [0.5, 0.6) is 11.5 Å². The minimum Gasteiger partial charge on any atom is -0.493 e. The van der Waals surface area contributed by atoms with Crippen molar-refractivity contribution in [2.45, 2.75) is 32.7 Å². The molecule has 0 saturated heterocycles. The molecule has 1 unspecified atom stereocenters. The van der Waals surface area contributed by atoms with Gasteiger partial charge in [0.05, 0.1) is 14.2 Å². The molecule has 0 aromatic heterocycles. The van der Waals surface area contributed by atoms with E-state index in [9.17, 15) is 4.39 Å². The Labute approximate surface area is 108 Å². The summed E-state index contributed by atoms with van der Waals surface area (Å²) in [5, 5.41) is 0. The van der Waals surface area contributed by atoms with Gasteiger partial charge in [0.1, 0.15) is 5.82 Å². The molecule has 0 saturated carbocycles. The molecule has 4 heteroatoms. The zero-order valence-electron chi connectivity index (χ0n) is 11.5. The maximum absolute atomic E-state index is 14.0. The van der Waals surface area contributed by atoms with Crippen molar-refractivity contribution in [3.8, 4) is 11.5 Å². The Bertz CT molecular complexity index is 392. The zero-order valence-corrected chi connectivity index (χ0v) is 11.5. The lowest BCUT2D eigenvalue weighted by Gasteiger charge is -2.23. The van der Waals surface area contributed by atoms with Crippen molar-refractivity contribution in [2.24, 2.45) is 11.7 Å². The Morgan fingerprint density at radius 3 is 2.06 bits per heavy atom. The lowest BCUT2D eigenvalue weighted by molar-refractivity contribution is 0.346. The van der Waals surface area contributed by atoms with Gasteiger partial charge in [0.2, 0.25) is 0 Å². The van der Waals surface area contributed by atoms with Crippen LogP contribution < -0.4 is 15.2 Å². The monoisotopic (exact) mass is 255 g/mol. The maximum atomic E-state index is 14.0. The second-order valence-corrected chi connectivity index (χ2v) is 4.33. The van der Waals surface area contributed by atoms with Crippen LogP contribution in [0.2, 0.25) is 0 Å². The van der Waals surface area contributed by atoms with Gasteiger partial charge in [0, 0.05) is 17.7 Å². The molecule has 102 valence electrons. The van der Waals surface area contributed by atoms with E-state index in [0.29, 0.717) is 17.1 Å². The predicted octanol–water partition coefficient (Wildman–Crippen LogP) is 3.28. The van der Waals surface area contributed by atoms with Crippen LogP contribution in [0, 0.1) is 11.7 Å². The third kappa shape index (κ3) is 2.93. The Kier molecular flexibility index (Phi) is 5.41. The van der Waals surface area contributed by atoms with Crippen LogP contribution >= 0.6 is 0 Å². The molecule has 0 fully saturated rings. The molecule has 1 aromatic rings. The summed E-state index contributed by atoms with van der Waals surface area (Å²) in [4.78, 5) is 0. The second kappa shape index (κ2) is 6.59. The highest BCUT2D eigenvalue weighted by molar-refractivity contribution is 5.44. The lowest BCUT2D eigenvalue weighted by atomic mass is 9.89. The van der Waals surface area contributed by atoms with Gasteiger partial charge < -0.3 is 15.2 Å². The van der Waals surface area contributed by atoms with Crippen molar-refractivity contribution in [1.82, 2.24) is 0 Å². The third-order valence-corrected chi connectivity index (χ3v) is 3.42. The minimum atomic E-state index is -0.341. The van der Waals surface area contributed by atoms with Gasteiger partial charge in [-0.05, 0) is 12.0 Å². The summed E-state index contributed by atoms with van der Waals surface area (Å²) in [6.07, 6.45) is 1.84. The van der Waals surface area contributed by atoms with E-state index in [2.05, 4.69) is 13.8 Å². The van der Waals surface area contributed by atoms with Gasteiger partial charge in [-0.1, -0.05) is 26.7 Å². The highest BCUT2D eigenvalue weighted by atomic mass is 19.1. The molecule has 0 heterocycles. The van der Waals surface area contributed by atoms with Crippen molar-refractivity contribution in [3.05, 3.63) is 23.5 Å². The molecule has 0 bridgehead atoms. The number of halogens is 1. The summed E-state index contributed by atoms with van der Waals surface area (Å²) >= 11 is 0. The van der Waals surface area contributed by atoms with E-state index >= 15 is 0 Å². The van der Waals surface area contributed by atoms with Crippen molar-refractivity contribution in [3.63, 3.8) is 0 Å². The Balaban J connectivity index is 3.16. The van der Waals surface area contributed by atoms with Crippen LogP contribution in [0.25, 0.3) is 0 Å². The summed E-state index contributed by atoms with van der Waals surface area (Å²) in [5.74, 6) is 0.815. The van der Waals surface area contributed by atoms with E-state index < -0.39 is 0 Å². The van der Waals surface area contributed by atoms with Crippen molar-refractivity contribution < 1.29 is 13.9 Å². The smallest absolute Gasteiger partial charge is 0.163 e. The van der Waals surface area contributed by atoms with Gasteiger partial charge in [-0.15, -0.1) is 0 Å². The van der Waals surface area contributed by atoms with E-state index in [1.54, 1.807) is 6.07 Å². The average Bonchev–Trinajstić information content (AvgIpc) is 2.39. The largest absolute Gasteiger partial charge is 0.493 e. The molecule has 0 aliphatic rings. The van der Waals surface area contributed by atoms with E-state index in [1.165, 1.54) is 20.3 Å². The Hall–Kier alpha value is -1.29. The fourth-order valence-electron chi connectivity index (χ4n) is 2.18. The van der Waals surface area contributed by atoms with Crippen LogP contribution in [0.15, 0.2) is 12.1 Å². The first-order valence-electron chi connectivity index (χ1n) is 6.25. The van der Waals surface area contributed by atoms with Crippen molar-refractivity contribution in [1.29, 1.82) is 0 Å². The van der Waals surface area contributed by atoms with Gasteiger partial charge in [-0.2, -0.15) is 0 Å². The first-order valence-corrected chi connectivity index (χ1v) is 6.25. The topological polar surface area (TPSA) is 44.5 Å². The number of ether oxygens (including phenoxy) is 2. The van der Waals surface area contributed by atoms with Crippen LogP contribution in [0.4, 0.5) is 4.39 Å². The lowest BCUT2D eigenvalue weighted by Crippen LogP contribution is -2.21. The van der Waals surface area contributed by atoms with E-state index in [0.717, 1.165) is 12.8 Å². The normalized spacial score (nSPS) is 12.6. The first-order chi connectivity index (χ1) is 8.58. The molecule has 0 radical (unpaired) electrons. The van der Waals surface area contributed by atoms with Gasteiger partial charge in [0.25, 0.3) is 0 Å². The molecule has 0 aliphatic heterocycles. The molecule has 1 rings (SSSR count). The number of methoxy groups -OCH3 is 2. The number of nitrogens with two attached hydrogens (primary N) is 1. The SMILES string of the molecule is CCC(CC)C(N)c1cc(OC)c(OC)cc1F. The average molecular weight is 255 g/mol. The van der Waals surface area contributed by atoms with E-state index in [-0.39, 0.29) is 17.8 Å². The summed E-state index contributed by atoms with van der Waals surface area (Å²) in [6.45, 7) is 4.12. The zero-order chi connectivity index (χ0) is 13.7. The fourth-order valence-corrected chi connectivity index (χ4v) is 2.18.